The lowest BCUT2D eigenvalue weighted by molar-refractivity contribution is 0.306. The lowest BCUT2D eigenvalue weighted by Crippen LogP contribution is -1.98. The summed E-state index contributed by atoms with van der Waals surface area (Å²) in [4.78, 5) is 3.93. The van der Waals surface area contributed by atoms with Crippen molar-refractivity contribution in [3.05, 3.63) is 53.7 Å². The third-order valence-corrected chi connectivity index (χ3v) is 2.24. The van der Waals surface area contributed by atoms with Gasteiger partial charge in [-0.3, -0.25) is 0 Å². The highest BCUT2D eigenvalue weighted by atomic mass is 16.5. The fourth-order valence-corrected chi connectivity index (χ4v) is 1.46. The minimum Gasteiger partial charge on any atom is -0.489 e. The van der Waals surface area contributed by atoms with Crippen molar-refractivity contribution in [3.8, 4) is 5.75 Å². The summed E-state index contributed by atoms with van der Waals surface area (Å²) in [5.74, 6) is 1.39. The SMILES string of the molecule is Cc1cccc(OCc2ccnc(N)c2)c1. The number of aromatic nitrogens is 1. The summed E-state index contributed by atoms with van der Waals surface area (Å²) in [7, 11) is 0. The molecular formula is C13H14N2O. The molecule has 0 bridgehead atoms. The Morgan fingerprint density at radius 1 is 1.25 bits per heavy atom. The van der Waals surface area contributed by atoms with Gasteiger partial charge in [-0.05, 0) is 42.3 Å². The molecule has 0 aliphatic rings. The Morgan fingerprint density at radius 2 is 2.12 bits per heavy atom. The van der Waals surface area contributed by atoms with E-state index in [-0.39, 0.29) is 0 Å². The van der Waals surface area contributed by atoms with E-state index in [0.717, 1.165) is 11.3 Å². The molecule has 1 aromatic heterocycles. The summed E-state index contributed by atoms with van der Waals surface area (Å²) in [6.45, 7) is 2.55. The molecule has 0 aliphatic heterocycles. The summed E-state index contributed by atoms with van der Waals surface area (Å²) in [6, 6.07) is 11.7. The van der Waals surface area contributed by atoms with Crippen LogP contribution in [-0.4, -0.2) is 4.98 Å². The lowest BCUT2D eigenvalue weighted by Gasteiger charge is -2.07. The van der Waals surface area contributed by atoms with Gasteiger partial charge in [0.05, 0.1) is 0 Å². The van der Waals surface area contributed by atoms with E-state index in [1.807, 2.05) is 43.3 Å². The van der Waals surface area contributed by atoms with Crippen LogP contribution in [-0.2, 0) is 6.61 Å². The topological polar surface area (TPSA) is 48.1 Å². The molecular weight excluding hydrogens is 200 g/mol. The number of nitrogen functional groups attached to an aromatic ring is 1. The number of nitrogens with two attached hydrogens (primary N) is 1. The van der Waals surface area contributed by atoms with Crippen LogP contribution in [0.1, 0.15) is 11.1 Å². The quantitative estimate of drug-likeness (QED) is 0.854. The van der Waals surface area contributed by atoms with Crippen LogP contribution in [0.25, 0.3) is 0 Å². The molecule has 16 heavy (non-hydrogen) atoms. The van der Waals surface area contributed by atoms with E-state index in [9.17, 15) is 0 Å². The van der Waals surface area contributed by atoms with Crippen LogP contribution in [0.4, 0.5) is 5.82 Å². The smallest absolute Gasteiger partial charge is 0.123 e. The van der Waals surface area contributed by atoms with Crippen LogP contribution in [0.15, 0.2) is 42.6 Å². The molecule has 82 valence electrons. The van der Waals surface area contributed by atoms with Crippen LogP contribution in [0.5, 0.6) is 5.75 Å². The first-order chi connectivity index (χ1) is 7.74. The maximum absolute atomic E-state index is 5.64. The summed E-state index contributed by atoms with van der Waals surface area (Å²) >= 11 is 0. The first-order valence-electron chi connectivity index (χ1n) is 5.14. The highest BCUT2D eigenvalue weighted by molar-refractivity contribution is 5.32. The van der Waals surface area contributed by atoms with Crippen LogP contribution in [0.3, 0.4) is 0 Å². The first kappa shape index (κ1) is 10.5. The zero-order valence-electron chi connectivity index (χ0n) is 9.18. The van der Waals surface area contributed by atoms with Gasteiger partial charge >= 0.3 is 0 Å². The minimum atomic E-state index is 0.510. The van der Waals surface area contributed by atoms with Gasteiger partial charge in [-0.25, -0.2) is 4.98 Å². The molecule has 0 saturated heterocycles. The molecule has 2 rings (SSSR count). The predicted octanol–water partition coefficient (Wildman–Crippen LogP) is 2.55. The lowest BCUT2D eigenvalue weighted by atomic mass is 10.2. The van der Waals surface area contributed by atoms with Gasteiger partial charge in [0.1, 0.15) is 18.2 Å². The van der Waals surface area contributed by atoms with Gasteiger partial charge < -0.3 is 10.5 Å². The molecule has 3 nitrogen and oxygen atoms in total. The average molecular weight is 214 g/mol. The normalized spacial score (nSPS) is 10.1. The number of anilines is 1. The molecule has 0 unspecified atom stereocenters. The Kier molecular flexibility index (Phi) is 3.05. The molecule has 0 atom stereocenters. The van der Waals surface area contributed by atoms with Crippen LogP contribution in [0.2, 0.25) is 0 Å². The van der Waals surface area contributed by atoms with E-state index >= 15 is 0 Å². The molecule has 0 saturated carbocycles. The summed E-state index contributed by atoms with van der Waals surface area (Å²) in [5.41, 5.74) is 7.79. The maximum Gasteiger partial charge on any atom is 0.123 e. The van der Waals surface area contributed by atoms with Gasteiger partial charge in [0.15, 0.2) is 0 Å². The van der Waals surface area contributed by atoms with E-state index in [2.05, 4.69) is 4.98 Å². The molecule has 1 aromatic carbocycles. The number of ether oxygens (including phenoxy) is 1. The molecule has 3 heteroatoms. The molecule has 0 amide bonds. The summed E-state index contributed by atoms with van der Waals surface area (Å²) in [6.07, 6.45) is 1.68. The van der Waals surface area contributed by atoms with Gasteiger partial charge in [-0.15, -0.1) is 0 Å². The molecule has 1 heterocycles. The van der Waals surface area contributed by atoms with Gasteiger partial charge in [-0.1, -0.05) is 12.1 Å². The van der Waals surface area contributed by atoms with E-state index in [4.69, 9.17) is 10.5 Å². The number of hydrogen-bond donors (Lipinski definition) is 1. The molecule has 2 N–H and O–H groups in total. The third-order valence-electron chi connectivity index (χ3n) is 2.24. The summed E-state index contributed by atoms with van der Waals surface area (Å²) < 4.78 is 5.64. The van der Waals surface area contributed by atoms with Crippen molar-refractivity contribution in [2.45, 2.75) is 13.5 Å². The molecule has 2 aromatic rings. The van der Waals surface area contributed by atoms with Crippen molar-refractivity contribution in [1.82, 2.24) is 4.98 Å². The van der Waals surface area contributed by atoms with E-state index in [0.29, 0.717) is 12.4 Å². The predicted molar refractivity (Wildman–Crippen MR) is 64.2 cm³/mol. The number of benzene rings is 1. The monoisotopic (exact) mass is 214 g/mol. The zero-order valence-corrected chi connectivity index (χ0v) is 9.18. The van der Waals surface area contributed by atoms with Crippen LogP contribution >= 0.6 is 0 Å². The maximum atomic E-state index is 5.64. The first-order valence-corrected chi connectivity index (χ1v) is 5.14. The van der Waals surface area contributed by atoms with Crippen molar-refractivity contribution >= 4 is 5.82 Å². The number of rotatable bonds is 3. The number of pyridine rings is 1. The van der Waals surface area contributed by atoms with E-state index in [1.54, 1.807) is 6.20 Å². The van der Waals surface area contributed by atoms with Crippen molar-refractivity contribution < 1.29 is 4.74 Å². The standard InChI is InChI=1S/C13H14N2O/c1-10-3-2-4-12(7-10)16-9-11-5-6-15-13(14)8-11/h2-8H,9H2,1H3,(H2,14,15). The highest BCUT2D eigenvalue weighted by Crippen LogP contribution is 2.14. The zero-order chi connectivity index (χ0) is 11.4. The molecule has 0 spiro atoms. The van der Waals surface area contributed by atoms with Crippen molar-refractivity contribution in [3.63, 3.8) is 0 Å². The van der Waals surface area contributed by atoms with Crippen molar-refractivity contribution in [2.75, 3.05) is 5.73 Å². The Labute approximate surface area is 94.9 Å². The number of nitrogens with zero attached hydrogens (tertiary/aromatic N) is 1. The molecule has 0 radical (unpaired) electrons. The minimum absolute atomic E-state index is 0.510. The van der Waals surface area contributed by atoms with E-state index in [1.165, 1.54) is 5.56 Å². The highest BCUT2D eigenvalue weighted by Gasteiger charge is 1.97. The van der Waals surface area contributed by atoms with Crippen molar-refractivity contribution in [1.29, 1.82) is 0 Å². The second kappa shape index (κ2) is 4.66. The number of hydrogen-bond acceptors (Lipinski definition) is 3. The largest absolute Gasteiger partial charge is 0.489 e. The third kappa shape index (κ3) is 2.73. The molecule has 0 aliphatic carbocycles. The Morgan fingerprint density at radius 3 is 2.88 bits per heavy atom. The van der Waals surface area contributed by atoms with Gasteiger partial charge in [0.25, 0.3) is 0 Å². The Balaban J connectivity index is 2.02. The second-order valence-electron chi connectivity index (χ2n) is 3.69. The van der Waals surface area contributed by atoms with Gasteiger partial charge in [-0.2, -0.15) is 0 Å². The van der Waals surface area contributed by atoms with Gasteiger partial charge in [0.2, 0.25) is 0 Å². The van der Waals surface area contributed by atoms with Gasteiger partial charge in [0, 0.05) is 6.20 Å². The average Bonchev–Trinajstić information content (AvgIpc) is 2.27. The van der Waals surface area contributed by atoms with Crippen molar-refractivity contribution in [2.24, 2.45) is 0 Å². The Bertz CT molecular complexity index is 437. The Hall–Kier alpha value is -2.03. The van der Waals surface area contributed by atoms with Crippen LogP contribution in [0, 0.1) is 6.92 Å². The van der Waals surface area contributed by atoms with Crippen LogP contribution < -0.4 is 10.5 Å². The second-order valence-corrected chi connectivity index (χ2v) is 3.69. The fourth-order valence-electron chi connectivity index (χ4n) is 1.46. The van der Waals surface area contributed by atoms with E-state index < -0.39 is 0 Å². The summed E-state index contributed by atoms with van der Waals surface area (Å²) in [5, 5.41) is 0. The fraction of sp³-hybridized carbons (Fsp3) is 0.154. The molecule has 0 fully saturated rings. The number of aryl methyl sites for hydroxylation is 1.